The monoisotopic (exact) mass is 368 g/mol. The van der Waals surface area contributed by atoms with Crippen molar-refractivity contribution in [1.82, 2.24) is 10.3 Å². The number of aromatic nitrogens is 1. The predicted molar refractivity (Wildman–Crippen MR) is 104 cm³/mol. The Morgan fingerprint density at radius 1 is 1.41 bits per heavy atom. The van der Waals surface area contributed by atoms with Gasteiger partial charge >= 0.3 is 0 Å². The molecule has 2 atom stereocenters. The Labute approximate surface area is 158 Å². The fraction of sp³-hybridized carbons (Fsp3) is 0.400. The second kappa shape index (κ2) is 8.16. The van der Waals surface area contributed by atoms with Crippen molar-refractivity contribution < 1.29 is 9.72 Å². The lowest BCUT2D eigenvalue weighted by Gasteiger charge is -2.32. The Morgan fingerprint density at radius 2 is 2.22 bits per heavy atom. The fourth-order valence-electron chi connectivity index (χ4n) is 3.48. The number of nitrogens with zero attached hydrogens (tertiary/aromatic N) is 3. The van der Waals surface area contributed by atoms with Crippen molar-refractivity contribution in [2.24, 2.45) is 5.92 Å². The molecule has 1 saturated heterocycles. The van der Waals surface area contributed by atoms with Crippen LogP contribution in [0.25, 0.3) is 0 Å². The number of piperidine rings is 1. The van der Waals surface area contributed by atoms with E-state index in [2.05, 4.69) is 17.2 Å². The van der Waals surface area contributed by atoms with Crippen LogP contribution in [0.1, 0.15) is 48.7 Å². The SMILES string of the molecule is CC1CCCN(c2ccc(C(=O)NC(C)c3cccnc3)cc2[N+](=O)[O-])C1. The van der Waals surface area contributed by atoms with Crippen LogP contribution in [0.3, 0.4) is 0 Å². The number of benzene rings is 1. The highest BCUT2D eigenvalue weighted by molar-refractivity contribution is 5.96. The summed E-state index contributed by atoms with van der Waals surface area (Å²) in [5.41, 5.74) is 1.72. The molecule has 0 radical (unpaired) electrons. The van der Waals surface area contributed by atoms with Crippen LogP contribution >= 0.6 is 0 Å². The number of anilines is 1. The summed E-state index contributed by atoms with van der Waals surface area (Å²) >= 11 is 0. The van der Waals surface area contributed by atoms with Crippen molar-refractivity contribution in [2.75, 3.05) is 18.0 Å². The molecule has 2 unspecified atom stereocenters. The van der Waals surface area contributed by atoms with E-state index in [4.69, 9.17) is 0 Å². The number of carbonyl (C=O) groups is 1. The minimum atomic E-state index is -0.407. The summed E-state index contributed by atoms with van der Waals surface area (Å²) in [4.78, 5) is 29.9. The highest BCUT2D eigenvalue weighted by Crippen LogP contribution is 2.32. The van der Waals surface area contributed by atoms with Gasteiger partial charge in [-0.1, -0.05) is 13.0 Å². The number of nitro groups is 1. The Kier molecular flexibility index (Phi) is 5.69. The molecule has 0 aliphatic carbocycles. The average Bonchev–Trinajstić information content (AvgIpc) is 2.68. The minimum Gasteiger partial charge on any atom is -0.366 e. The van der Waals surface area contributed by atoms with Crippen molar-refractivity contribution in [3.05, 3.63) is 64.0 Å². The van der Waals surface area contributed by atoms with Gasteiger partial charge in [0.25, 0.3) is 11.6 Å². The van der Waals surface area contributed by atoms with Crippen molar-refractivity contribution in [2.45, 2.75) is 32.7 Å². The summed E-state index contributed by atoms with van der Waals surface area (Å²) in [6.07, 6.45) is 5.51. The van der Waals surface area contributed by atoms with Gasteiger partial charge in [-0.3, -0.25) is 19.9 Å². The van der Waals surface area contributed by atoms with E-state index in [-0.39, 0.29) is 23.2 Å². The first-order valence-corrected chi connectivity index (χ1v) is 9.20. The van der Waals surface area contributed by atoms with E-state index in [1.165, 1.54) is 6.07 Å². The molecule has 2 heterocycles. The van der Waals surface area contributed by atoms with Gasteiger partial charge < -0.3 is 10.2 Å². The second-order valence-electron chi connectivity index (χ2n) is 7.14. The van der Waals surface area contributed by atoms with Crippen LogP contribution in [0.2, 0.25) is 0 Å². The molecule has 2 aromatic rings. The molecule has 3 rings (SSSR count). The average molecular weight is 368 g/mol. The molecule has 1 aromatic carbocycles. The lowest BCUT2D eigenvalue weighted by Crippen LogP contribution is -2.34. The van der Waals surface area contributed by atoms with Crippen LogP contribution in [-0.4, -0.2) is 28.9 Å². The molecular formula is C20H24N4O3. The molecule has 0 bridgehead atoms. The van der Waals surface area contributed by atoms with Crippen molar-refractivity contribution in [3.63, 3.8) is 0 Å². The van der Waals surface area contributed by atoms with Crippen molar-refractivity contribution in [3.8, 4) is 0 Å². The third-order valence-electron chi connectivity index (χ3n) is 4.96. The maximum atomic E-state index is 12.6. The Balaban J connectivity index is 1.81. The van der Waals surface area contributed by atoms with Gasteiger partial charge in [-0.2, -0.15) is 0 Å². The van der Waals surface area contributed by atoms with Gasteiger partial charge in [-0.05, 0) is 49.4 Å². The van der Waals surface area contributed by atoms with Gasteiger partial charge in [0.1, 0.15) is 5.69 Å². The first-order chi connectivity index (χ1) is 13.0. The van der Waals surface area contributed by atoms with Gasteiger partial charge in [-0.25, -0.2) is 0 Å². The van der Waals surface area contributed by atoms with E-state index in [0.717, 1.165) is 31.5 Å². The van der Waals surface area contributed by atoms with Crippen LogP contribution in [-0.2, 0) is 0 Å². The smallest absolute Gasteiger partial charge is 0.293 e. The summed E-state index contributed by atoms with van der Waals surface area (Å²) in [5, 5.41) is 14.5. The van der Waals surface area contributed by atoms with E-state index in [1.807, 2.05) is 17.9 Å². The maximum Gasteiger partial charge on any atom is 0.293 e. The highest BCUT2D eigenvalue weighted by atomic mass is 16.6. The Hall–Kier alpha value is -2.96. The highest BCUT2D eigenvalue weighted by Gasteiger charge is 2.25. The molecule has 27 heavy (non-hydrogen) atoms. The zero-order valence-electron chi connectivity index (χ0n) is 15.6. The van der Waals surface area contributed by atoms with Gasteiger partial charge in [0.15, 0.2) is 0 Å². The number of carbonyl (C=O) groups excluding carboxylic acids is 1. The zero-order valence-corrected chi connectivity index (χ0v) is 15.6. The first kappa shape index (κ1) is 18.8. The molecule has 1 amide bonds. The largest absolute Gasteiger partial charge is 0.366 e. The minimum absolute atomic E-state index is 0.0224. The molecule has 0 saturated carbocycles. The number of pyridine rings is 1. The van der Waals surface area contributed by atoms with Crippen molar-refractivity contribution >= 4 is 17.3 Å². The van der Waals surface area contributed by atoms with Crippen LogP contribution in [0.4, 0.5) is 11.4 Å². The molecule has 1 aliphatic rings. The van der Waals surface area contributed by atoms with Gasteiger partial charge in [-0.15, -0.1) is 0 Å². The van der Waals surface area contributed by atoms with Crippen LogP contribution < -0.4 is 10.2 Å². The fourth-order valence-corrected chi connectivity index (χ4v) is 3.48. The number of rotatable bonds is 5. The molecule has 1 N–H and O–H groups in total. The zero-order chi connectivity index (χ0) is 19.4. The van der Waals surface area contributed by atoms with Gasteiger partial charge in [0, 0.05) is 37.1 Å². The summed E-state index contributed by atoms with van der Waals surface area (Å²) in [7, 11) is 0. The molecule has 1 aliphatic heterocycles. The molecule has 1 aromatic heterocycles. The lowest BCUT2D eigenvalue weighted by molar-refractivity contribution is -0.384. The van der Waals surface area contributed by atoms with Gasteiger partial charge in [0.05, 0.1) is 11.0 Å². The molecule has 0 spiro atoms. The van der Waals surface area contributed by atoms with Crippen LogP contribution in [0.5, 0.6) is 0 Å². The van der Waals surface area contributed by atoms with Crippen LogP contribution in [0.15, 0.2) is 42.7 Å². The number of hydrogen-bond donors (Lipinski definition) is 1. The standard InChI is InChI=1S/C20H24N4O3/c1-14-5-4-10-23(13-14)18-8-7-16(11-19(18)24(26)27)20(25)22-15(2)17-6-3-9-21-12-17/h3,6-9,11-12,14-15H,4-5,10,13H2,1-2H3,(H,22,25). The molecule has 142 valence electrons. The molecule has 7 nitrogen and oxygen atoms in total. The number of nitro benzene ring substituents is 1. The first-order valence-electron chi connectivity index (χ1n) is 9.20. The summed E-state index contributed by atoms with van der Waals surface area (Å²) in [5.74, 6) is 0.162. The number of nitrogens with one attached hydrogen (secondary N) is 1. The predicted octanol–water partition coefficient (Wildman–Crippen LogP) is 3.72. The third-order valence-corrected chi connectivity index (χ3v) is 4.96. The quantitative estimate of drug-likeness (QED) is 0.642. The lowest BCUT2D eigenvalue weighted by atomic mass is 9.99. The third kappa shape index (κ3) is 4.42. The number of amides is 1. The Bertz CT molecular complexity index is 825. The molecule has 7 heteroatoms. The van der Waals surface area contributed by atoms with E-state index in [0.29, 0.717) is 11.6 Å². The molecular weight excluding hydrogens is 344 g/mol. The normalized spacial score (nSPS) is 18.0. The van der Waals surface area contributed by atoms with Gasteiger partial charge in [0.2, 0.25) is 0 Å². The van der Waals surface area contributed by atoms with E-state index >= 15 is 0 Å². The maximum absolute atomic E-state index is 12.6. The van der Waals surface area contributed by atoms with E-state index in [9.17, 15) is 14.9 Å². The topological polar surface area (TPSA) is 88.4 Å². The Morgan fingerprint density at radius 3 is 2.89 bits per heavy atom. The van der Waals surface area contributed by atoms with E-state index in [1.54, 1.807) is 30.6 Å². The van der Waals surface area contributed by atoms with Crippen molar-refractivity contribution in [1.29, 1.82) is 0 Å². The molecule has 1 fully saturated rings. The van der Waals surface area contributed by atoms with Crippen LogP contribution in [0, 0.1) is 16.0 Å². The summed E-state index contributed by atoms with van der Waals surface area (Å²) in [6.45, 7) is 5.60. The second-order valence-corrected chi connectivity index (χ2v) is 7.14. The number of hydrogen-bond acceptors (Lipinski definition) is 5. The summed E-state index contributed by atoms with van der Waals surface area (Å²) in [6, 6.07) is 8.16. The summed E-state index contributed by atoms with van der Waals surface area (Å²) < 4.78 is 0. The van der Waals surface area contributed by atoms with E-state index < -0.39 is 4.92 Å².